The average Bonchev–Trinajstić information content (AvgIpc) is 2.79. The van der Waals surface area contributed by atoms with Crippen LogP contribution in [0.25, 0.3) is 0 Å². The highest BCUT2D eigenvalue weighted by atomic mass is 16.5. The molecule has 2 N–H and O–H groups in total. The van der Waals surface area contributed by atoms with Crippen LogP contribution < -0.4 is 15.4 Å². The highest BCUT2D eigenvalue weighted by Crippen LogP contribution is 2.21. The molecule has 5 nitrogen and oxygen atoms in total. The van der Waals surface area contributed by atoms with Crippen LogP contribution in [0.1, 0.15) is 47.7 Å². The number of carbonyl (C=O) groups is 2. The van der Waals surface area contributed by atoms with Gasteiger partial charge in [-0.1, -0.05) is 43.7 Å². The summed E-state index contributed by atoms with van der Waals surface area (Å²) >= 11 is 0. The van der Waals surface area contributed by atoms with Gasteiger partial charge in [-0.05, 0) is 73.4 Å². The number of benzene rings is 3. The summed E-state index contributed by atoms with van der Waals surface area (Å²) in [6.45, 7) is 6.21. The average molecular weight is 417 g/mol. The summed E-state index contributed by atoms with van der Waals surface area (Å²) < 4.78 is 5.57. The lowest BCUT2D eigenvalue weighted by atomic mass is 9.99. The predicted octanol–water partition coefficient (Wildman–Crippen LogP) is 5.78. The minimum absolute atomic E-state index is 0.0749. The second-order valence-corrected chi connectivity index (χ2v) is 7.62. The number of nitrogens with one attached hydrogen (secondary N) is 2. The SMILES string of the molecule is CC[C@@H](C)c1ccc(OCC(=O)Nc2ccc(NC(=O)c3cccc(C)c3)cc2)cc1. The van der Waals surface area contributed by atoms with Crippen LogP contribution in [0.5, 0.6) is 5.75 Å². The van der Waals surface area contributed by atoms with Crippen molar-refractivity contribution in [3.63, 3.8) is 0 Å². The fraction of sp³-hybridized carbons (Fsp3) is 0.231. The van der Waals surface area contributed by atoms with Gasteiger partial charge in [0.2, 0.25) is 0 Å². The minimum Gasteiger partial charge on any atom is -0.484 e. The Balaban J connectivity index is 1.49. The third-order valence-electron chi connectivity index (χ3n) is 5.14. The first-order valence-corrected chi connectivity index (χ1v) is 10.5. The van der Waals surface area contributed by atoms with Crippen molar-refractivity contribution >= 4 is 23.2 Å². The van der Waals surface area contributed by atoms with Gasteiger partial charge in [0.15, 0.2) is 6.61 Å². The van der Waals surface area contributed by atoms with Crippen molar-refractivity contribution in [3.05, 3.63) is 89.5 Å². The van der Waals surface area contributed by atoms with Gasteiger partial charge in [-0.25, -0.2) is 0 Å². The zero-order chi connectivity index (χ0) is 22.2. The molecule has 0 bridgehead atoms. The number of ether oxygens (including phenoxy) is 1. The molecule has 0 radical (unpaired) electrons. The molecule has 0 fully saturated rings. The highest BCUT2D eigenvalue weighted by Gasteiger charge is 2.08. The van der Waals surface area contributed by atoms with Gasteiger partial charge in [-0.2, -0.15) is 0 Å². The molecule has 3 aromatic rings. The molecule has 0 saturated heterocycles. The fourth-order valence-electron chi connectivity index (χ4n) is 3.10. The second-order valence-electron chi connectivity index (χ2n) is 7.62. The maximum atomic E-state index is 12.3. The molecule has 0 heterocycles. The Bertz CT molecular complexity index is 1030. The summed E-state index contributed by atoms with van der Waals surface area (Å²) in [6.07, 6.45) is 1.08. The molecule has 160 valence electrons. The van der Waals surface area contributed by atoms with E-state index in [1.807, 2.05) is 49.4 Å². The number of amides is 2. The Hall–Kier alpha value is -3.60. The Kier molecular flexibility index (Phi) is 7.44. The van der Waals surface area contributed by atoms with E-state index in [9.17, 15) is 9.59 Å². The third kappa shape index (κ3) is 6.44. The van der Waals surface area contributed by atoms with Crippen LogP contribution >= 0.6 is 0 Å². The Morgan fingerprint density at radius 2 is 1.55 bits per heavy atom. The number of hydrogen-bond donors (Lipinski definition) is 2. The van der Waals surface area contributed by atoms with Crippen LogP contribution in [-0.2, 0) is 4.79 Å². The van der Waals surface area contributed by atoms with Gasteiger partial charge in [0.05, 0.1) is 0 Å². The van der Waals surface area contributed by atoms with Gasteiger partial charge < -0.3 is 15.4 Å². The molecule has 31 heavy (non-hydrogen) atoms. The van der Waals surface area contributed by atoms with Gasteiger partial charge in [0.1, 0.15) is 5.75 Å². The first kappa shape index (κ1) is 22.1. The van der Waals surface area contributed by atoms with E-state index >= 15 is 0 Å². The van der Waals surface area contributed by atoms with E-state index in [2.05, 4.69) is 24.5 Å². The first-order chi connectivity index (χ1) is 14.9. The Morgan fingerprint density at radius 1 is 0.903 bits per heavy atom. The second kappa shape index (κ2) is 10.4. The van der Waals surface area contributed by atoms with E-state index in [0.717, 1.165) is 12.0 Å². The number of aryl methyl sites for hydroxylation is 1. The molecule has 0 unspecified atom stereocenters. The van der Waals surface area contributed by atoms with Crippen molar-refractivity contribution in [2.24, 2.45) is 0 Å². The van der Waals surface area contributed by atoms with Gasteiger partial charge in [-0.3, -0.25) is 9.59 Å². The quantitative estimate of drug-likeness (QED) is 0.489. The summed E-state index contributed by atoms with van der Waals surface area (Å²) in [5.74, 6) is 0.745. The molecule has 3 rings (SSSR count). The van der Waals surface area contributed by atoms with Gasteiger partial charge in [0.25, 0.3) is 11.8 Å². The molecule has 0 aliphatic rings. The summed E-state index contributed by atoms with van der Waals surface area (Å²) in [5, 5.41) is 5.65. The lowest BCUT2D eigenvalue weighted by Crippen LogP contribution is -2.20. The topological polar surface area (TPSA) is 67.4 Å². The maximum Gasteiger partial charge on any atom is 0.262 e. The van der Waals surface area contributed by atoms with E-state index in [0.29, 0.717) is 28.6 Å². The van der Waals surface area contributed by atoms with Crippen molar-refractivity contribution in [1.29, 1.82) is 0 Å². The van der Waals surface area contributed by atoms with Crippen molar-refractivity contribution in [3.8, 4) is 5.75 Å². The molecule has 0 aliphatic heterocycles. The predicted molar refractivity (Wildman–Crippen MR) is 125 cm³/mol. The van der Waals surface area contributed by atoms with Crippen LogP contribution in [0, 0.1) is 6.92 Å². The Labute approximate surface area is 183 Å². The lowest BCUT2D eigenvalue weighted by molar-refractivity contribution is -0.118. The molecule has 2 amide bonds. The molecule has 5 heteroatoms. The Morgan fingerprint density at radius 3 is 2.16 bits per heavy atom. The molecule has 0 spiro atoms. The van der Waals surface area contributed by atoms with Crippen molar-refractivity contribution in [2.75, 3.05) is 17.2 Å². The zero-order valence-corrected chi connectivity index (χ0v) is 18.1. The van der Waals surface area contributed by atoms with Crippen molar-refractivity contribution in [1.82, 2.24) is 0 Å². The summed E-state index contributed by atoms with van der Waals surface area (Å²) in [6, 6.07) is 22.2. The molecule has 1 atom stereocenters. The van der Waals surface area contributed by atoms with E-state index in [1.165, 1.54) is 5.56 Å². The van der Waals surface area contributed by atoms with Crippen molar-refractivity contribution in [2.45, 2.75) is 33.1 Å². The van der Waals surface area contributed by atoms with E-state index in [1.54, 1.807) is 30.3 Å². The smallest absolute Gasteiger partial charge is 0.262 e. The molecule has 0 aromatic heterocycles. The van der Waals surface area contributed by atoms with Gasteiger partial charge >= 0.3 is 0 Å². The monoisotopic (exact) mass is 416 g/mol. The number of rotatable bonds is 8. The van der Waals surface area contributed by atoms with Crippen molar-refractivity contribution < 1.29 is 14.3 Å². The molecular weight excluding hydrogens is 388 g/mol. The van der Waals surface area contributed by atoms with E-state index in [4.69, 9.17) is 4.74 Å². The summed E-state index contributed by atoms with van der Waals surface area (Å²) in [5.41, 5.74) is 4.18. The van der Waals surface area contributed by atoms with Crippen LogP contribution in [-0.4, -0.2) is 18.4 Å². The van der Waals surface area contributed by atoms with E-state index in [-0.39, 0.29) is 18.4 Å². The first-order valence-electron chi connectivity index (χ1n) is 10.5. The fourth-order valence-corrected chi connectivity index (χ4v) is 3.10. The standard InChI is InChI=1S/C26H28N2O3/c1-4-19(3)20-8-14-24(15-9-20)31-17-25(29)27-22-10-12-23(13-11-22)28-26(30)21-7-5-6-18(2)16-21/h5-16,19H,4,17H2,1-3H3,(H,27,29)(H,28,30)/t19-/m1/s1. The van der Waals surface area contributed by atoms with Gasteiger partial charge in [-0.15, -0.1) is 0 Å². The lowest BCUT2D eigenvalue weighted by Gasteiger charge is -2.11. The van der Waals surface area contributed by atoms with Gasteiger partial charge in [0, 0.05) is 16.9 Å². The number of hydrogen-bond acceptors (Lipinski definition) is 3. The molecule has 0 aliphatic carbocycles. The summed E-state index contributed by atoms with van der Waals surface area (Å²) in [7, 11) is 0. The summed E-state index contributed by atoms with van der Waals surface area (Å²) in [4.78, 5) is 24.5. The van der Waals surface area contributed by atoms with Crippen LogP contribution in [0.4, 0.5) is 11.4 Å². The third-order valence-corrected chi connectivity index (χ3v) is 5.14. The largest absolute Gasteiger partial charge is 0.484 e. The van der Waals surface area contributed by atoms with E-state index < -0.39 is 0 Å². The molecular formula is C26H28N2O3. The highest BCUT2D eigenvalue weighted by molar-refractivity contribution is 6.04. The normalized spacial score (nSPS) is 11.5. The van der Waals surface area contributed by atoms with Crippen LogP contribution in [0.3, 0.4) is 0 Å². The minimum atomic E-state index is -0.248. The van der Waals surface area contributed by atoms with Crippen LogP contribution in [0.15, 0.2) is 72.8 Å². The maximum absolute atomic E-state index is 12.3. The number of carbonyl (C=O) groups excluding carboxylic acids is 2. The number of anilines is 2. The molecule has 3 aromatic carbocycles. The molecule has 0 saturated carbocycles. The zero-order valence-electron chi connectivity index (χ0n) is 18.1. The van der Waals surface area contributed by atoms with Crippen LogP contribution in [0.2, 0.25) is 0 Å².